The first kappa shape index (κ1) is 12.7. The predicted molar refractivity (Wildman–Crippen MR) is 79.1 cm³/mol. The molecule has 0 saturated heterocycles. The molecule has 3 nitrogen and oxygen atoms in total. The van der Waals surface area contributed by atoms with Crippen molar-refractivity contribution in [3.8, 4) is 0 Å². The maximum Gasteiger partial charge on any atom is 0.201 e. The van der Waals surface area contributed by atoms with E-state index in [4.69, 9.17) is 5.73 Å². The summed E-state index contributed by atoms with van der Waals surface area (Å²) in [4.78, 5) is 4.39. The van der Waals surface area contributed by atoms with Crippen LogP contribution in [-0.4, -0.2) is 9.55 Å². The average Bonchev–Trinajstić information content (AvgIpc) is 2.74. The number of imidazole rings is 1. The minimum Gasteiger partial charge on any atom is -0.369 e. The number of fused-ring (bicyclic) bond motifs is 1. The molecule has 0 aliphatic rings. The second-order valence-corrected chi connectivity index (χ2v) is 5.06. The highest BCUT2D eigenvalue weighted by atomic mass is 19.1. The van der Waals surface area contributed by atoms with Gasteiger partial charge in [-0.25, -0.2) is 9.37 Å². The van der Waals surface area contributed by atoms with Crippen LogP contribution in [0.5, 0.6) is 0 Å². The molecule has 1 atom stereocenters. The summed E-state index contributed by atoms with van der Waals surface area (Å²) in [5.74, 6) is 0.239. The van der Waals surface area contributed by atoms with E-state index in [2.05, 4.69) is 11.1 Å². The molecule has 102 valence electrons. The zero-order valence-electron chi connectivity index (χ0n) is 11.5. The topological polar surface area (TPSA) is 43.8 Å². The Morgan fingerprint density at radius 3 is 2.55 bits per heavy atom. The summed E-state index contributed by atoms with van der Waals surface area (Å²) in [5, 5.41) is 0. The predicted octanol–water partition coefficient (Wildman–Crippen LogP) is 3.68. The number of nitrogens with zero attached hydrogens (tertiary/aromatic N) is 2. The lowest BCUT2D eigenvalue weighted by molar-refractivity contribution is 0.621. The molecule has 0 radical (unpaired) electrons. The van der Waals surface area contributed by atoms with E-state index in [9.17, 15) is 4.39 Å². The quantitative estimate of drug-likeness (QED) is 0.771. The number of aryl methyl sites for hydroxylation is 1. The molecule has 20 heavy (non-hydrogen) atoms. The van der Waals surface area contributed by atoms with E-state index in [0.717, 1.165) is 22.2 Å². The van der Waals surface area contributed by atoms with Crippen molar-refractivity contribution in [1.29, 1.82) is 0 Å². The molecule has 2 aromatic carbocycles. The Morgan fingerprint density at radius 2 is 1.85 bits per heavy atom. The molecule has 0 bridgehead atoms. The smallest absolute Gasteiger partial charge is 0.201 e. The van der Waals surface area contributed by atoms with Crippen molar-refractivity contribution >= 4 is 17.0 Å². The number of hydrogen-bond donors (Lipinski definition) is 1. The highest BCUT2D eigenvalue weighted by molar-refractivity contribution is 5.79. The highest BCUT2D eigenvalue weighted by Gasteiger charge is 2.15. The zero-order chi connectivity index (χ0) is 14.3. The molecule has 0 aliphatic carbocycles. The first-order chi connectivity index (χ1) is 9.56. The summed E-state index contributed by atoms with van der Waals surface area (Å²) in [7, 11) is 0. The Labute approximate surface area is 116 Å². The highest BCUT2D eigenvalue weighted by Crippen LogP contribution is 2.27. The Bertz CT molecular complexity index is 759. The van der Waals surface area contributed by atoms with Crippen molar-refractivity contribution in [3.05, 3.63) is 59.4 Å². The Kier molecular flexibility index (Phi) is 2.93. The summed E-state index contributed by atoms with van der Waals surface area (Å²) in [6.45, 7) is 4.07. The van der Waals surface area contributed by atoms with E-state index in [-0.39, 0.29) is 11.9 Å². The summed E-state index contributed by atoms with van der Waals surface area (Å²) in [5.41, 5.74) is 10.1. The fourth-order valence-electron chi connectivity index (χ4n) is 2.52. The molecule has 0 spiro atoms. The van der Waals surface area contributed by atoms with Crippen LogP contribution in [0.2, 0.25) is 0 Å². The van der Waals surface area contributed by atoms with Crippen LogP contribution in [0.4, 0.5) is 10.3 Å². The molecular formula is C16H16FN3. The number of nitrogen functional groups attached to an aromatic ring is 1. The lowest BCUT2D eigenvalue weighted by atomic mass is 10.1. The average molecular weight is 269 g/mol. The van der Waals surface area contributed by atoms with Crippen LogP contribution in [-0.2, 0) is 0 Å². The van der Waals surface area contributed by atoms with E-state index < -0.39 is 0 Å². The third kappa shape index (κ3) is 2.03. The monoisotopic (exact) mass is 269 g/mol. The number of rotatable bonds is 2. The molecule has 3 rings (SSSR count). The van der Waals surface area contributed by atoms with Gasteiger partial charge in [0.15, 0.2) is 0 Å². The van der Waals surface area contributed by atoms with Gasteiger partial charge in [0.25, 0.3) is 0 Å². The molecule has 0 amide bonds. The number of halogens is 1. The van der Waals surface area contributed by atoms with Gasteiger partial charge in [-0.1, -0.05) is 18.2 Å². The van der Waals surface area contributed by atoms with Crippen LogP contribution >= 0.6 is 0 Å². The van der Waals surface area contributed by atoms with E-state index in [1.807, 2.05) is 30.5 Å². The molecule has 4 heteroatoms. The summed E-state index contributed by atoms with van der Waals surface area (Å²) in [6.07, 6.45) is 0. The van der Waals surface area contributed by atoms with Gasteiger partial charge in [-0.15, -0.1) is 0 Å². The largest absolute Gasteiger partial charge is 0.369 e. The summed E-state index contributed by atoms with van der Waals surface area (Å²) < 4.78 is 15.0. The standard InChI is InChI=1S/C16H16FN3/c1-10-3-8-14-15(9-10)20(16(18)19-14)11(2)12-4-6-13(17)7-5-12/h3-9,11H,1-2H3,(H2,18,19). The van der Waals surface area contributed by atoms with Crippen molar-refractivity contribution in [2.45, 2.75) is 19.9 Å². The van der Waals surface area contributed by atoms with Crippen molar-refractivity contribution < 1.29 is 4.39 Å². The van der Waals surface area contributed by atoms with Crippen LogP contribution < -0.4 is 5.73 Å². The second-order valence-electron chi connectivity index (χ2n) is 5.06. The fraction of sp³-hybridized carbons (Fsp3) is 0.188. The van der Waals surface area contributed by atoms with Gasteiger partial charge in [-0.2, -0.15) is 0 Å². The number of aromatic nitrogens is 2. The molecular weight excluding hydrogens is 253 g/mol. The third-order valence-electron chi connectivity index (χ3n) is 3.61. The maximum absolute atomic E-state index is 13.0. The SMILES string of the molecule is Cc1ccc2nc(N)n(C(C)c3ccc(F)cc3)c2c1. The molecule has 0 fully saturated rings. The van der Waals surface area contributed by atoms with E-state index in [0.29, 0.717) is 5.95 Å². The minimum atomic E-state index is -0.236. The number of anilines is 1. The molecule has 1 heterocycles. The van der Waals surface area contributed by atoms with Crippen LogP contribution in [0, 0.1) is 12.7 Å². The van der Waals surface area contributed by atoms with Crippen LogP contribution in [0.1, 0.15) is 24.1 Å². The zero-order valence-corrected chi connectivity index (χ0v) is 11.5. The first-order valence-electron chi connectivity index (χ1n) is 6.56. The summed E-state index contributed by atoms with van der Waals surface area (Å²) >= 11 is 0. The molecule has 3 aromatic rings. The third-order valence-corrected chi connectivity index (χ3v) is 3.61. The van der Waals surface area contributed by atoms with Gasteiger partial charge < -0.3 is 10.3 Å². The summed E-state index contributed by atoms with van der Waals surface area (Å²) in [6, 6.07) is 12.5. The minimum absolute atomic E-state index is 0.00222. The van der Waals surface area contributed by atoms with Gasteiger partial charge in [0, 0.05) is 0 Å². The number of hydrogen-bond acceptors (Lipinski definition) is 2. The van der Waals surface area contributed by atoms with Gasteiger partial charge in [0.1, 0.15) is 5.82 Å². The van der Waals surface area contributed by atoms with Crippen LogP contribution in [0.3, 0.4) is 0 Å². The normalized spacial score (nSPS) is 12.8. The molecule has 1 unspecified atom stereocenters. The van der Waals surface area contributed by atoms with Crippen molar-refractivity contribution in [3.63, 3.8) is 0 Å². The van der Waals surface area contributed by atoms with Gasteiger partial charge in [0.05, 0.1) is 17.1 Å². The lowest BCUT2D eigenvalue weighted by Gasteiger charge is -2.16. The Balaban J connectivity index is 2.15. The number of nitrogens with two attached hydrogens (primary N) is 1. The van der Waals surface area contributed by atoms with Gasteiger partial charge in [-0.05, 0) is 49.2 Å². The van der Waals surface area contributed by atoms with Gasteiger partial charge >= 0.3 is 0 Å². The molecule has 2 N–H and O–H groups in total. The fourth-order valence-corrected chi connectivity index (χ4v) is 2.52. The van der Waals surface area contributed by atoms with Gasteiger partial charge in [-0.3, -0.25) is 0 Å². The van der Waals surface area contributed by atoms with Gasteiger partial charge in [0.2, 0.25) is 5.95 Å². The lowest BCUT2D eigenvalue weighted by Crippen LogP contribution is -2.10. The second kappa shape index (κ2) is 4.63. The Hall–Kier alpha value is -2.36. The number of benzene rings is 2. The van der Waals surface area contributed by atoms with E-state index >= 15 is 0 Å². The molecule has 0 saturated carbocycles. The first-order valence-corrected chi connectivity index (χ1v) is 6.56. The van der Waals surface area contributed by atoms with E-state index in [1.165, 1.54) is 12.1 Å². The molecule has 1 aromatic heterocycles. The van der Waals surface area contributed by atoms with E-state index in [1.54, 1.807) is 12.1 Å². The Morgan fingerprint density at radius 1 is 1.15 bits per heavy atom. The maximum atomic E-state index is 13.0. The molecule has 0 aliphatic heterocycles. The van der Waals surface area contributed by atoms with Crippen molar-refractivity contribution in [2.24, 2.45) is 0 Å². The van der Waals surface area contributed by atoms with Crippen molar-refractivity contribution in [1.82, 2.24) is 9.55 Å². The van der Waals surface area contributed by atoms with Crippen LogP contribution in [0.25, 0.3) is 11.0 Å². The van der Waals surface area contributed by atoms with Crippen LogP contribution in [0.15, 0.2) is 42.5 Å². The van der Waals surface area contributed by atoms with Crippen molar-refractivity contribution in [2.75, 3.05) is 5.73 Å².